The van der Waals surface area contributed by atoms with E-state index in [-0.39, 0.29) is 5.91 Å². The van der Waals surface area contributed by atoms with E-state index in [2.05, 4.69) is 11.8 Å². The van der Waals surface area contributed by atoms with Crippen molar-refractivity contribution in [3.63, 3.8) is 0 Å². The molecule has 0 spiro atoms. The van der Waals surface area contributed by atoms with Crippen molar-refractivity contribution >= 4 is 44.2 Å². The zero-order valence-corrected chi connectivity index (χ0v) is 17.5. The summed E-state index contributed by atoms with van der Waals surface area (Å²) >= 11 is 7.96. The third kappa shape index (κ3) is 3.66. The number of hydrogen-bond acceptors (Lipinski definition) is 5. The lowest BCUT2D eigenvalue weighted by molar-refractivity contribution is 0.0746. The highest BCUT2D eigenvalue weighted by Crippen LogP contribution is 2.35. The fraction of sp³-hybridized carbons (Fsp3) is 0.333. The van der Waals surface area contributed by atoms with E-state index in [4.69, 9.17) is 21.3 Å². The van der Waals surface area contributed by atoms with Gasteiger partial charge in [0, 0.05) is 31.7 Å². The molecule has 1 amide bonds. The number of aryl methyl sites for hydroxylation is 1. The Bertz CT molecular complexity index is 956. The predicted molar refractivity (Wildman–Crippen MR) is 115 cm³/mol. The number of ether oxygens (including phenoxy) is 1. The van der Waals surface area contributed by atoms with Crippen LogP contribution in [0.5, 0.6) is 5.75 Å². The summed E-state index contributed by atoms with van der Waals surface area (Å²) < 4.78 is 6.48. The van der Waals surface area contributed by atoms with Gasteiger partial charge in [-0.1, -0.05) is 29.0 Å². The van der Waals surface area contributed by atoms with Gasteiger partial charge in [0.15, 0.2) is 5.13 Å². The van der Waals surface area contributed by atoms with Crippen molar-refractivity contribution < 1.29 is 9.53 Å². The molecule has 0 aliphatic carbocycles. The van der Waals surface area contributed by atoms with Crippen LogP contribution >= 0.6 is 22.9 Å². The molecule has 1 fully saturated rings. The molecule has 146 valence electrons. The van der Waals surface area contributed by atoms with E-state index in [1.165, 1.54) is 0 Å². The van der Waals surface area contributed by atoms with Crippen molar-refractivity contribution in [3.05, 3.63) is 52.5 Å². The van der Waals surface area contributed by atoms with Crippen molar-refractivity contribution in [2.45, 2.75) is 13.8 Å². The number of thiazole rings is 1. The number of nitrogens with zero attached hydrogens (tertiary/aromatic N) is 3. The van der Waals surface area contributed by atoms with Gasteiger partial charge in [0.25, 0.3) is 5.91 Å². The highest BCUT2D eigenvalue weighted by molar-refractivity contribution is 7.22. The molecule has 3 aromatic rings. The number of benzene rings is 2. The minimum Gasteiger partial charge on any atom is -0.494 e. The Kier molecular flexibility index (Phi) is 5.42. The van der Waals surface area contributed by atoms with E-state index in [0.717, 1.165) is 44.8 Å². The standard InChI is InChI=1S/C21H22ClN3O2S/c1-3-27-16-7-5-15(6-8-16)20(26)24-10-12-25(13-11-24)21-23-18-14(2)4-9-17(22)19(18)28-21/h4-9H,3,10-13H2,1-2H3. The predicted octanol–water partition coefficient (Wildman–Crippen LogP) is 4.62. The number of piperazine rings is 1. The van der Waals surface area contributed by atoms with E-state index >= 15 is 0 Å². The molecule has 0 bridgehead atoms. The van der Waals surface area contributed by atoms with Crippen LogP contribution in [-0.2, 0) is 0 Å². The fourth-order valence-corrected chi connectivity index (χ4v) is 4.74. The van der Waals surface area contributed by atoms with Crippen LogP contribution in [0.15, 0.2) is 36.4 Å². The van der Waals surface area contributed by atoms with Crippen LogP contribution in [0.2, 0.25) is 5.02 Å². The van der Waals surface area contributed by atoms with Crippen molar-refractivity contribution in [1.82, 2.24) is 9.88 Å². The van der Waals surface area contributed by atoms with Crippen molar-refractivity contribution in [3.8, 4) is 5.75 Å². The first-order valence-corrected chi connectivity index (χ1v) is 10.6. The second-order valence-corrected chi connectivity index (χ2v) is 8.16. The summed E-state index contributed by atoms with van der Waals surface area (Å²) in [5.74, 6) is 0.847. The average Bonchev–Trinajstić information content (AvgIpc) is 3.18. The molecule has 7 heteroatoms. The molecule has 1 aromatic heterocycles. The summed E-state index contributed by atoms with van der Waals surface area (Å²) in [6, 6.07) is 11.3. The van der Waals surface area contributed by atoms with E-state index in [0.29, 0.717) is 25.3 Å². The van der Waals surface area contributed by atoms with Gasteiger partial charge in [-0.05, 0) is 49.7 Å². The van der Waals surface area contributed by atoms with Crippen LogP contribution in [0.1, 0.15) is 22.8 Å². The minimum absolute atomic E-state index is 0.0610. The van der Waals surface area contributed by atoms with Crippen LogP contribution < -0.4 is 9.64 Å². The van der Waals surface area contributed by atoms with Crippen molar-refractivity contribution in [1.29, 1.82) is 0 Å². The molecule has 4 rings (SSSR count). The molecular formula is C21H22ClN3O2S. The van der Waals surface area contributed by atoms with Crippen LogP contribution in [0.25, 0.3) is 10.2 Å². The molecule has 0 saturated carbocycles. The molecule has 2 heterocycles. The van der Waals surface area contributed by atoms with E-state index in [9.17, 15) is 4.79 Å². The molecule has 1 aliphatic heterocycles. The lowest BCUT2D eigenvalue weighted by atomic mass is 10.1. The molecule has 28 heavy (non-hydrogen) atoms. The maximum Gasteiger partial charge on any atom is 0.253 e. The Hall–Kier alpha value is -2.31. The van der Waals surface area contributed by atoms with Gasteiger partial charge in [-0.2, -0.15) is 0 Å². The van der Waals surface area contributed by atoms with Crippen LogP contribution in [0.4, 0.5) is 5.13 Å². The molecule has 1 aliphatic rings. The summed E-state index contributed by atoms with van der Waals surface area (Å²) in [5.41, 5.74) is 2.80. The largest absolute Gasteiger partial charge is 0.494 e. The molecule has 5 nitrogen and oxygen atoms in total. The van der Waals surface area contributed by atoms with Gasteiger partial charge in [-0.3, -0.25) is 4.79 Å². The van der Waals surface area contributed by atoms with Gasteiger partial charge in [0.05, 0.1) is 21.8 Å². The van der Waals surface area contributed by atoms with Gasteiger partial charge >= 0.3 is 0 Å². The lowest BCUT2D eigenvalue weighted by Crippen LogP contribution is -2.48. The highest BCUT2D eigenvalue weighted by atomic mass is 35.5. The summed E-state index contributed by atoms with van der Waals surface area (Å²) in [4.78, 5) is 21.7. The molecule has 0 N–H and O–H groups in total. The van der Waals surface area contributed by atoms with Gasteiger partial charge in [-0.25, -0.2) is 4.98 Å². The molecule has 0 unspecified atom stereocenters. The molecule has 2 aromatic carbocycles. The Morgan fingerprint density at radius 1 is 1.14 bits per heavy atom. The third-order valence-corrected chi connectivity index (χ3v) is 6.51. The number of anilines is 1. The first-order chi connectivity index (χ1) is 13.6. The van der Waals surface area contributed by atoms with Crippen LogP contribution in [0, 0.1) is 6.92 Å². The summed E-state index contributed by atoms with van der Waals surface area (Å²) in [6.07, 6.45) is 0. The molecular weight excluding hydrogens is 394 g/mol. The van der Waals surface area contributed by atoms with Gasteiger partial charge in [0.2, 0.25) is 0 Å². The third-order valence-electron chi connectivity index (χ3n) is 4.94. The number of rotatable bonds is 4. The second kappa shape index (κ2) is 7.97. The number of fused-ring (bicyclic) bond motifs is 1. The fourth-order valence-electron chi connectivity index (χ4n) is 3.37. The number of hydrogen-bond donors (Lipinski definition) is 0. The first-order valence-electron chi connectivity index (χ1n) is 9.39. The van der Waals surface area contributed by atoms with Crippen molar-refractivity contribution in [2.75, 3.05) is 37.7 Å². The van der Waals surface area contributed by atoms with Crippen LogP contribution in [0.3, 0.4) is 0 Å². The normalized spacial score (nSPS) is 14.5. The molecule has 0 radical (unpaired) electrons. The molecule has 0 atom stereocenters. The Labute approximate surface area is 173 Å². The average molecular weight is 416 g/mol. The van der Waals surface area contributed by atoms with E-state index in [1.807, 2.05) is 48.2 Å². The summed E-state index contributed by atoms with van der Waals surface area (Å²) in [7, 11) is 0. The summed E-state index contributed by atoms with van der Waals surface area (Å²) in [6.45, 7) is 7.49. The summed E-state index contributed by atoms with van der Waals surface area (Å²) in [5, 5.41) is 1.72. The maximum absolute atomic E-state index is 12.8. The first kappa shape index (κ1) is 19.0. The zero-order chi connectivity index (χ0) is 19.7. The second-order valence-electron chi connectivity index (χ2n) is 6.78. The minimum atomic E-state index is 0.0610. The van der Waals surface area contributed by atoms with E-state index < -0.39 is 0 Å². The van der Waals surface area contributed by atoms with E-state index in [1.54, 1.807) is 11.3 Å². The Morgan fingerprint density at radius 2 is 1.86 bits per heavy atom. The smallest absolute Gasteiger partial charge is 0.253 e. The van der Waals surface area contributed by atoms with Gasteiger partial charge in [0.1, 0.15) is 5.75 Å². The highest BCUT2D eigenvalue weighted by Gasteiger charge is 2.24. The quantitative estimate of drug-likeness (QED) is 0.623. The Morgan fingerprint density at radius 3 is 2.50 bits per heavy atom. The van der Waals surface area contributed by atoms with Gasteiger partial charge < -0.3 is 14.5 Å². The van der Waals surface area contributed by atoms with Crippen molar-refractivity contribution in [2.24, 2.45) is 0 Å². The SMILES string of the molecule is CCOc1ccc(C(=O)N2CCN(c3nc4c(C)ccc(Cl)c4s3)CC2)cc1. The Balaban J connectivity index is 1.43. The van der Waals surface area contributed by atoms with Crippen LogP contribution in [-0.4, -0.2) is 48.6 Å². The maximum atomic E-state index is 12.8. The zero-order valence-electron chi connectivity index (χ0n) is 15.9. The number of halogens is 1. The lowest BCUT2D eigenvalue weighted by Gasteiger charge is -2.34. The molecule has 1 saturated heterocycles. The monoisotopic (exact) mass is 415 g/mol. The number of amides is 1. The number of aromatic nitrogens is 1. The number of carbonyl (C=O) groups excluding carboxylic acids is 1. The van der Waals surface area contributed by atoms with Gasteiger partial charge in [-0.15, -0.1) is 0 Å². The topological polar surface area (TPSA) is 45.7 Å². The number of carbonyl (C=O) groups is 1.